The third-order valence-corrected chi connectivity index (χ3v) is 3.53. The van der Waals surface area contributed by atoms with Gasteiger partial charge >= 0.3 is 5.97 Å². The van der Waals surface area contributed by atoms with Gasteiger partial charge in [0.25, 0.3) is 0 Å². The second-order valence-electron chi connectivity index (χ2n) is 4.01. The highest BCUT2D eigenvalue weighted by molar-refractivity contribution is 7.98. The largest absolute Gasteiger partial charge is 0.468 e. The van der Waals surface area contributed by atoms with Crippen molar-refractivity contribution >= 4 is 17.7 Å². The van der Waals surface area contributed by atoms with Crippen molar-refractivity contribution in [3.63, 3.8) is 0 Å². The Hall–Kier alpha value is -0.220. The first-order chi connectivity index (χ1) is 7.27. The van der Waals surface area contributed by atoms with E-state index < -0.39 is 0 Å². The van der Waals surface area contributed by atoms with E-state index in [0.717, 1.165) is 12.2 Å². The first kappa shape index (κ1) is 12.8. The van der Waals surface area contributed by atoms with E-state index in [4.69, 9.17) is 4.74 Å². The lowest BCUT2D eigenvalue weighted by molar-refractivity contribution is -0.143. The summed E-state index contributed by atoms with van der Waals surface area (Å²) in [6.45, 7) is 0. The van der Waals surface area contributed by atoms with Crippen molar-refractivity contribution in [2.24, 2.45) is 0 Å². The standard InChI is InChI=1S/C11H21NO2S/c1-14-11(13)10(7-8-15-2)12-9-5-3-4-6-9/h9-10,12H,3-8H2,1-2H3. The number of thioether (sulfide) groups is 1. The van der Waals surface area contributed by atoms with Gasteiger partial charge in [0.2, 0.25) is 0 Å². The van der Waals surface area contributed by atoms with Crippen molar-refractivity contribution in [2.75, 3.05) is 19.1 Å². The van der Waals surface area contributed by atoms with Gasteiger partial charge in [-0.25, -0.2) is 0 Å². The zero-order chi connectivity index (χ0) is 11.1. The minimum atomic E-state index is -0.115. The van der Waals surface area contributed by atoms with Crippen LogP contribution in [0.3, 0.4) is 0 Å². The van der Waals surface area contributed by atoms with Crippen LogP contribution in [0.5, 0.6) is 0 Å². The molecule has 0 amide bonds. The molecule has 4 heteroatoms. The van der Waals surface area contributed by atoms with Gasteiger partial charge in [-0.05, 0) is 31.3 Å². The van der Waals surface area contributed by atoms with Crippen molar-refractivity contribution in [1.29, 1.82) is 0 Å². The predicted molar refractivity (Wildman–Crippen MR) is 64.2 cm³/mol. The molecule has 1 N–H and O–H groups in total. The number of hydrogen-bond acceptors (Lipinski definition) is 4. The number of esters is 1. The van der Waals surface area contributed by atoms with E-state index in [9.17, 15) is 4.79 Å². The molecule has 0 aromatic heterocycles. The molecule has 1 aliphatic carbocycles. The number of carbonyl (C=O) groups excluding carboxylic acids is 1. The Kier molecular flexibility index (Phi) is 6.10. The number of ether oxygens (including phenoxy) is 1. The van der Waals surface area contributed by atoms with Gasteiger partial charge in [-0.15, -0.1) is 0 Å². The van der Waals surface area contributed by atoms with Gasteiger partial charge in [0.15, 0.2) is 0 Å². The Balaban J connectivity index is 2.36. The summed E-state index contributed by atoms with van der Waals surface area (Å²) in [6, 6.07) is 0.418. The summed E-state index contributed by atoms with van der Waals surface area (Å²) < 4.78 is 4.81. The Bertz CT molecular complexity index is 193. The quantitative estimate of drug-likeness (QED) is 0.708. The highest BCUT2D eigenvalue weighted by Gasteiger charge is 2.24. The number of nitrogens with one attached hydrogen (secondary N) is 1. The molecule has 1 unspecified atom stereocenters. The number of carbonyl (C=O) groups is 1. The first-order valence-corrected chi connectivity index (χ1v) is 7.00. The van der Waals surface area contributed by atoms with Gasteiger partial charge in [-0.3, -0.25) is 4.79 Å². The van der Waals surface area contributed by atoms with Crippen LogP contribution in [0.2, 0.25) is 0 Å². The van der Waals surface area contributed by atoms with Gasteiger partial charge in [-0.2, -0.15) is 11.8 Å². The molecular formula is C11H21NO2S. The zero-order valence-electron chi connectivity index (χ0n) is 9.62. The molecular weight excluding hydrogens is 210 g/mol. The van der Waals surface area contributed by atoms with E-state index >= 15 is 0 Å². The van der Waals surface area contributed by atoms with Crippen LogP contribution in [-0.2, 0) is 9.53 Å². The molecule has 0 heterocycles. The van der Waals surface area contributed by atoms with Crippen molar-refractivity contribution < 1.29 is 9.53 Å². The molecule has 3 nitrogen and oxygen atoms in total. The Morgan fingerprint density at radius 1 is 1.53 bits per heavy atom. The summed E-state index contributed by atoms with van der Waals surface area (Å²) in [7, 11) is 1.46. The molecule has 0 aliphatic heterocycles. The second kappa shape index (κ2) is 7.12. The monoisotopic (exact) mass is 231 g/mol. The molecule has 0 saturated heterocycles. The normalized spacial score (nSPS) is 19.1. The van der Waals surface area contributed by atoms with Crippen molar-refractivity contribution in [1.82, 2.24) is 5.32 Å². The molecule has 0 spiro atoms. The fourth-order valence-electron chi connectivity index (χ4n) is 2.02. The number of hydrogen-bond donors (Lipinski definition) is 1. The van der Waals surface area contributed by atoms with E-state index in [-0.39, 0.29) is 12.0 Å². The van der Waals surface area contributed by atoms with E-state index in [2.05, 4.69) is 11.6 Å². The SMILES string of the molecule is COC(=O)C(CCSC)NC1CCCC1. The predicted octanol–water partition coefficient (Wildman–Crippen LogP) is 1.81. The maximum Gasteiger partial charge on any atom is 0.322 e. The van der Waals surface area contributed by atoms with Gasteiger partial charge in [0.05, 0.1) is 7.11 Å². The summed E-state index contributed by atoms with van der Waals surface area (Å²) in [5.74, 6) is 0.885. The topological polar surface area (TPSA) is 38.3 Å². The highest BCUT2D eigenvalue weighted by atomic mass is 32.2. The molecule has 0 aromatic carbocycles. The van der Waals surface area contributed by atoms with Gasteiger partial charge in [0, 0.05) is 6.04 Å². The van der Waals surface area contributed by atoms with Crippen LogP contribution in [0.1, 0.15) is 32.1 Å². The molecule has 1 aliphatic rings. The van der Waals surface area contributed by atoms with Crippen LogP contribution >= 0.6 is 11.8 Å². The number of rotatable bonds is 6. The zero-order valence-corrected chi connectivity index (χ0v) is 10.4. The minimum Gasteiger partial charge on any atom is -0.468 e. The van der Waals surface area contributed by atoms with Crippen molar-refractivity contribution in [2.45, 2.75) is 44.2 Å². The average molecular weight is 231 g/mol. The van der Waals surface area contributed by atoms with Crippen LogP contribution in [0.25, 0.3) is 0 Å². The van der Waals surface area contributed by atoms with E-state index in [1.165, 1.54) is 32.8 Å². The molecule has 1 rings (SSSR count). The Morgan fingerprint density at radius 2 is 2.20 bits per heavy atom. The van der Waals surface area contributed by atoms with Gasteiger partial charge in [-0.1, -0.05) is 12.8 Å². The summed E-state index contributed by atoms with van der Waals surface area (Å²) in [5, 5.41) is 3.41. The smallest absolute Gasteiger partial charge is 0.322 e. The first-order valence-electron chi connectivity index (χ1n) is 5.60. The molecule has 0 radical (unpaired) electrons. The lowest BCUT2D eigenvalue weighted by atomic mass is 10.1. The fourth-order valence-corrected chi connectivity index (χ4v) is 2.50. The molecule has 0 bridgehead atoms. The van der Waals surface area contributed by atoms with Crippen LogP contribution in [-0.4, -0.2) is 37.2 Å². The lowest BCUT2D eigenvalue weighted by Crippen LogP contribution is -2.43. The van der Waals surface area contributed by atoms with Crippen LogP contribution in [0.4, 0.5) is 0 Å². The summed E-state index contributed by atoms with van der Waals surface area (Å²) in [6.07, 6.45) is 7.90. The van der Waals surface area contributed by atoms with Crippen LogP contribution in [0.15, 0.2) is 0 Å². The van der Waals surface area contributed by atoms with E-state index in [1.807, 2.05) is 0 Å². The average Bonchev–Trinajstić information content (AvgIpc) is 2.75. The minimum absolute atomic E-state index is 0.106. The molecule has 1 atom stereocenters. The Morgan fingerprint density at radius 3 is 2.73 bits per heavy atom. The summed E-state index contributed by atoms with van der Waals surface area (Å²) in [4.78, 5) is 11.5. The van der Waals surface area contributed by atoms with Crippen molar-refractivity contribution in [3.8, 4) is 0 Å². The number of methoxy groups -OCH3 is 1. The van der Waals surface area contributed by atoms with Crippen LogP contribution < -0.4 is 5.32 Å². The maximum atomic E-state index is 11.5. The second-order valence-corrected chi connectivity index (χ2v) is 4.99. The molecule has 15 heavy (non-hydrogen) atoms. The molecule has 0 aromatic rings. The molecule has 1 fully saturated rings. The van der Waals surface area contributed by atoms with Gasteiger partial charge in [0.1, 0.15) is 6.04 Å². The van der Waals surface area contributed by atoms with E-state index in [1.54, 1.807) is 11.8 Å². The molecule has 1 saturated carbocycles. The highest BCUT2D eigenvalue weighted by Crippen LogP contribution is 2.19. The fraction of sp³-hybridized carbons (Fsp3) is 0.909. The summed E-state index contributed by atoms with van der Waals surface area (Å²) in [5.41, 5.74) is 0. The van der Waals surface area contributed by atoms with Crippen LogP contribution in [0, 0.1) is 0 Å². The maximum absolute atomic E-state index is 11.5. The Labute approximate surface area is 96.3 Å². The molecule has 88 valence electrons. The summed E-state index contributed by atoms with van der Waals surface area (Å²) >= 11 is 1.77. The van der Waals surface area contributed by atoms with E-state index in [0.29, 0.717) is 6.04 Å². The van der Waals surface area contributed by atoms with Gasteiger partial charge < -0.3 is 10.1 Å². The third kappa shape index (κ3) is 4.43. The lowest BCUT2D eigenvalue weighted by Gasteiger charge is -2.20. The van der Waals surface area contributed by atoms with Crippen molar-refractivity contribution in [3.05, 3.63) is 0 Å². The third-order valence-electron chi connectivity index (χ3n) is 2.89.